The number of nitrogens with zero attached hydrogens (tertiary/aromatic N) is 3. The zero-order chi connectivity index (χ0) is 15.0. The maximum atomic E-state index is 12.5. The molecule has 0 aliphatic heterocycles. The molecule has 0 saturated heterocycles. The lowest BCUT2D eigenvalue weighted by atomic mass is 10.2. The van der Waals surface area contributed by atoms with Crippen LogP contribution in [0.4, 0.5) is 13.2 Å². The lowest BCUT2D eigenvalue weighted by Crippen LogP contribution is -2.22. The standard InChI is InChI=1S/C14H8F3N3O/c15-14(16,17)10-5-6-12(18-8-10)20-13(21)11-4-2-1-3-9(11)7-19-20/h1-8H. The van der Waals surface area contributed by atoms with Crippen molar-refractivity contribution >= 4 is 10.8 Å². The first kappa shape index (κ1) is 13.3. The largest absolute Gasteiger partial charge is 0.417 e. The van der Waals surface area contributed by atoms with Crippen molar-refractivity contribution in [1.29, 1.82) is 0 Å². The summed E-state index contributed by atoms with van der Waals surface area (Å²) in [5.74, 6) is 0.0405. The van der Waals surface area contributed by atoms with Crippen molar-refractivity contribution in [3.63, 3.8) is 0 Å². The molecule has 0 radical (unpaired) electrons. The first-order chi connectivity index (χ1) is 9.97. The molecule has 0 amide bonds. The molecule has 0 fully saturated rings. The minimum atomic E-state index is -4.46. The first-order valence-corrected chi connectivity index (χ1v) is 5.97. The Hall–Kier alpha value is -2.70. The van der Waals surface area contributed by atoms with Crippen LogP contribution in [0.3, 0.4) is 0 Å². The van der Waals surface area contributed by atoms with Gasteiger partial charge in [-0.2, -0.15) is 23.0 Å². The highest BCUT2D eigenvalue weighted by atomic mass is 19.4. The summed E-state index contributed by atoms with van der Waals surface area (Å²) in [5.41, 5.74) is -1.31. The van der Waals surface area contributed by atoms with Crippen LogP contribution >= 0.6 is 0 Å². The Kier molecular flexibility index (Phi) is 2.97. The number of hydrogen-bond acceptors (Lipinski definition) is 3. The van der Waals surface area contributed by atoms with Crippen molar-refractivity contribution in [3.8, 4) is 5.82 Å². The Morgan fingerprint density at radius 2 is 1.76 bits per heavy atom. The molecule has 1 aromatic carbocycles. The van der Waals surface area contributed by atoms with E-state index in [1.807, 2.05) is 0 Å². The molecule has 21 heavy (non-hydrogen) atoms. The van der Waals surface area contributed by atoms with Gasteiger partial charge in [0, 0.05) is 11.6 Å². The maximum absolute atomic E-state index is 12.5. The first-order valence-electron chi connectivity index (χ1n) is 5.97. The zero-order valence-corrected chi connectivity index (χ0v) is 10.5. The van der Waals surface area contributed by atoms with Crippen LogP contribution in [0.1, 0.15) is 5.56 Å². The fraction of sp³-hybridized carbons (Fsp3) is 0.0714. The summed E-state index contributed by atoms with van der Waals surface area (Å²) in [7, 11) is 0. The quantitative estimate of drug-likeness (QED) is 0.692. The molecule has 4 nitrogen and oxygen atoms in total. The molecule has 0 saturated carbocycles. The highest BCUT2D eigenvalue weighted by molar-refractivity contribution is 5.80. The summed E-state index contributed by atoms with van der Waals surface area (Å²) in [6.07, 6.45) is -2.32. The fourth-order valence-electron chi connectivity index (χ4n) is 1.93. The predicted octanol–water partition coefficient (Wildman–Crippen LogP) is 2.80. The number of pyridine rings is 1. The Morgan fingerprint density at radius 1 is 1.00 bits per heavy atom. The summed E-state index contributed by atoms with van der Waals surface area (Å²) in [6, 6.07) is 8.81. The Morgan fingerprint density at radius 3 is 2.43 bits per heavy atom. The normalized spacial score (nSPS) is 11.8. The van der Waals surface area contributed by atoms with E-state index in [-0.39, 0.29) is 5.82 Å². The van der Waals surface area contributed by atoms with Crippen LogP contribution in [0.25, 0.3) is 16.6 Å². The lowest BCUT2D eigenvalue weighted by Gasteiger charge is -2.08. The number of benzene rings is 1. The van der Waals surface area contributed by atoms with Gasteiger partial charge < -0.3 is 0 Å². The average Bonchev–Trinajstić information content (AvgIpc) is 2.47. The van der Waals surface area contributed by atoms with Crippen molar-refractivity contribution in [1.82, 2.24) is 14.8 Å². The van der Waals surface area contributed by atoms with Crippen LogP contribution in [0.5, 0.6) is 0 Å². The van der Waals surface area contributed by atoms with Gasteiger partial charge in [0.25, 0.3) is 5.56 Å². The van der Waals surface area contributed by atoms with Gasteiger partial charge in [0.1, 0.15) is 0 Å². The number of aromatic nitrogens is 3. The molecule has 0 spiro atoms. The molecule has 0 bridgehead atoms. The van der Waals surface area contributed by atoms with E-state index >= 15 is 0 Å². The smallest absolute Gasteiger partial charge is 0.267 e. The molecule has 0 aliphatic rings. The molecule has 106 valence electrons. The van der Waals surface area contributed by atoms with E-state index in [1.165, 1.54) is 6.20 Å². The van der Waals surface area contributed by atoms with Crippen LogP contribution in [0, 0.1) is 0 Å². The molecule has 2 heterocycles. The second kappa shape index (κ2) is 4.69. The summed E-state index contributed by atoms with van der Waals surface area (Å²) in [6.45, 7) is 0. The van der Waals surface area contributed by atoms with Crippen LogP contribution in [-0.2, 0) is 6.18 Å². The molecule has 7 heteroatoms. The highest BCUT2D eigenvalue weighted by Gasteiger charge is 2.30. The molecule has 0 atom stereocenters. The van der Waals surface area contributed by atoms with Gasteiger partial charge in [-0.05, 0) is 18.2 Å². The summed E-state index contributed by atoms with van der Waals surface area (Å²) in [4.78, 5) is 15.9. The van der Waals surface area contributed by atoms with Crippen LogP contribution in [0.15, 0.2) is 53.6 Å². The van der Waals surface area contributed by atoms with E-state index in [9.17, 15) is 18.0 Å². The van der Waals surface area contributed by atoms with Gasteiger partial charge in [-0.15, -0.1) is 0 Å². The van der Waals surface area contributed by atoms with Crippen molar-refractivity contribution in [2.75, 3.05) is 0 Å². The van der Waals surface area contributed by atoms with Gasteiger partial charge in [0.15, 0.2) is 5.82 Å². The van der Waals surface area contributed by atoms with E-state index in [1.54, 1.807) is 24.3 Å². The predicted molar refractivity (Wildman–Crippen MR) is 70.1 cm³/mol. The third-order valence-electron chi connectivity index (χ3n) is 2.99. The highest BCUT2D eigenvalue weighted by Crippen LogP contribution is 2.28. The van der Waals surface area contributed by atoms with Gasteiger partial charge in [0.05, 0.1) is 17.1 Å². The van der Waals surface area contributed by atoms with Crippen molar-refractivity contribution in [2.45, 2.75) is 6.18 Å². The molecule has 3 rings (SSSR count). The van der Waals surface area contributed by atoms with E-state index < -0.39 is 17.3 Å². The minimum absolute atomic E-state index is 0.0405. The molecule has 3 aromatic rings. The molecular formula is C14H8F3N3O. The van der Waals surface area contributed by atoms with E-state index in [4.69, 9.17) is 0 Å². The van der Waals surface area contributed by atoms with E-state index in [0.29, 0.717) is 17.0 Å². The maximum Gasteiger partial charge on any atom is 0.417 e. The van der Waals surface area contributed by atoms with Gasteiger partial charge >= 0.3 is 6.18 Å². The Bertz CT molecular complexity index is 854. The van der Waals surface area contributed by atoms with E-state index in [0.717, 1.165) is 16.8 Å². The average molecular weight is 291 g/mol. The lowest BCUT2D eigenvalue weighted by molar-refractivity contribution is -0.137. The topological polar surface area (TPSA) is 47.8 Å². The number of alkyl halides is 3. The monoisotopic (exact) mass is 291 g/mol. The van der Waals surface area contributed by atoms with Crippen LogP contribution in [-0.4, -0.2) is 14.8 Å². The van der Waals surface area contributed by atoms with Crippen molar-refractivity contribution in [2.24, 2.45) is 0 Å². The second-order valence-electron chi connectivity index (χ2n) is 4.35. The van der Waals surface area contributed by atoms with E-state index in [2.05, 4.69) is 10.1 Å². The zero-order valence-electron chi connectivity index (χ0n) is 10.5. The number of rotatable bonds is 1. The summed E-state index contributed by atoms with van der Waals surface area (Å²) < 4.78 is 38.4. The van der Waals surface area contributed by atoms with Crippen LogP contribution < -0.4 is 5.56 Å². The van der Waals surface area contributed by atoms with Gasteiger partial charge in [-0.3, -0.25) is 4.79 Å². The van der Waals surface area contributed by atoms with Gasteiger partial charge in [-0.1, -0.05) is 18.2 Å². The second-order valence-corrected chi connectivity index (χ2v) is 4.35. The number of hydrogen-bond donors (Lipinski definition) is 0. The Labute approximate surface area is 116 Å². The number of fused-ring (bicyclic) bond motifs is 1. The SMILES string of the molecule is O=c1c2ccccc2cnn1-c1ccc(C(F)(F)F)cn1. The molecule has 2 aromatic heterocycles. The number of halogens is 3. The Balaban J connectivity index is 2.13. The van der Waals surface area contributed by atoms with Gasteiger partial charge in [0.2, 0.25) is 0 Å². The summed E-state index contributed by atoms with van der Waals surface area (Å²) in [5, 5.41) is 5.01. The third-order valence-corrected chi connectivity index (χ3v) is 2.99. The third kappa shape index (κ3) is 2.37. The van der Waals surface area contributed by atoms with Crippen LogP contribution in [0.2, 0.25) is 0 Å². The molecule has 0 aliphatic carbocycles. The van der Waals surface area contributed by atoms with Gasteiger partial charge in [-0.25, -0.2) is 4.98 Å². The minimum Gasteiger partial charge on any atom is -0.267 e. The summed E-state index contributed by atoms with van der Waals surface area (Å²) >= 11 is 0. The van der Waals surface area contributed by atoms with Crippen molar-refractivity contribution < 1.29 is 13.2 Å². The fourth-order valence-corrected chi connectivity index (χ4v) is 1.93. The molecular weight excluding hydrogens is 283 g/mol. The van der Waals surface area contributed by atoms with Crippen molar-refractivity contribution in [3.05, 3.63) is 64.7 Å². The molecule has 0 unspecified atom stereocenters. The molecule has 0 N–H and O–H groups in total.